The van der Waals surface area contributed by atoms with Gasteiger partial charge in [0.05, 0.1) is 0 Å². The number of carbonyl (C=O) groups excluding carboxylic acids is 2. The smallest absolute Gasteiger partial charge is 0.250 e. The number of likely N-dealkylation sites (tertiary alicyclic amines) is 1. The molecule has 1 N–H and O–H groups in total. The van der Waals surface area contributed by atoms with Gasteiger partial charge in [0.15, 0.2) is 0 Å². The maximum absolute atomic E-state index is 12.7. The maximum atomic E-state index is 12.7. The highest BCUT2D eigenvalue weighted by Crippen LogP contribution is 2.35. The molecule has 2 atom stereocenters. The van der Waals surface area contributed by atoms with Crippen molar-refractivity contribution in [2.45, 2.75) is 69.9 Å². The van der Waals surface area contributed by atoms with Crippen LogP contribution in [0.3, 0.4) is 0 Å². The summed E-state index contributed by atoms with van der Waals surface area (Å²) < 4.78 is 1.87. The zero-order valence-corrected chi connectivity index (χ0v) is 15.9. The van der Waals surface area contributed by atoms with Crippen LogP contribution in [0.25, 0.3) is 0 Å². The Bertz CT molecular complexity index is 766. The Labute approximate surface area is 159 Å². The fourth-order valence-electron chi connectivity index (χ4n) is 5.03. The highest BCUT2D eigenvalue weighted by atomic mass is 16.2. The van der Waals surface area contributed by atoms with Gasteiger partial charge in [-0.2, -0.15) is 0 Å². The third-order valence-corrected chi connectivity index (χ3v) is 6.37. The number of aromatic nitrogens is 1. The normalized spacial score (nSPS) is 25.0. The SMILES string of the molecule is O=C(CCC(=O)N1CC2CC(C1)c1cccc(=O)n1C2)NC1CCCCC1. The first-order valence-electron chi connectivity index (χ1n) is 10.4. The lowest BCUT2D eigenvalue weighted by atomic mass is 9.83. The second-order valence-electron chi connectivity index (χ2n) is 8.40. The van der Waals surface area contributed by atoms with Crippen LogP contribution in [0.2, 0.25) is 0 Å². The number of amides is 2. The van der Waals surface area contributed by atoms with Crippen molar-refractivity contribution < 1.29 is 9.59 Å². The summed E-state index contributed by atoms with van der Waals surface area (Å²) in [5.74, 6) is 0.627. The minimum Gasteiger partial charge on any atom is -0.353 e. The lowest BCUT2D eigenvalue weighted by Crippen LogP contribution is -2.49. The topological polar surface area (TPSA) is 71.4 Å². The molecule has 1 saturated heterocycles. The molecule has 2 amide bonds. The number of nitrogens with zero attached hydrogens (tertiary/aromatic N) is 2. The second-order valence-corrected chi connectivity index (χ2v) is 8.40. The Kier molecular flexibility index (Phi) is 5.32. The molecular weight excluding hydrogens is 342 g/mol. The van der Waals surface area contributed by atoms with Crippen molar-refractivity contribution in [1.82, 2.24) is 14.8 Å². The van der Waals surface area contributed by atoms with Gasteiger partial charge < -0.3 is 14.8 Å². The monoisotopic (exact) mass is 371 g/mol. The molecular formula is C21H29N3O3. The standard InChI is InChI=1S/C21H29N3O3/c25-19(22-17-5-2-1-3-6-17)9-10-20(26)23-12-15-11-16(14-23)18-7-4-8-21(27)24(18)13-15/h4,7-8,15-17H,1-3,5-6,9-14H2,(H,22,25). The average molecular weight is 371 g/mol. The molecule has 2 aliphatic heterocycles. The van der Waals surface area contributed by atoms with E-state index in [0.29, 0.717) is 31.6 Å². The fourth-order valence-corrected chi connectivity index (χ4v) is 5.03. The van der Waals surface area contributed by atoms with E-state index in [2.05, 4.69) is 5.32 Å². The minimum absolute atomic E-state index is 0.00403. The van der Waals surface area contributed by atoms with Gasteiger partial charge in [-0.3, -0.25) is 14.4 Å². The summed E-state index contributed by atoms with van der Waals surface area (Å²) in [5, 5.41) is 3.09. The molecule has 6 heteroatoms. The number of rotatable bonds is 4. The summed E-state index contributed by atoms with van der Waals surface area (Å²) in [5.41, 5.74) is 1.10. The van der Waals surface area contributed by atoms with E-state index < -0.39 is 0 Å². The van der Waals surface area contributed by atoms with Crippen molar-refractivity contribution in [3.63, 3.8) is 0 Å². The third kappa shape index (κ3) is 4.09. The Hall–Kier alpha value is -2.11. The predicted octanol–water partition coefficient (Wildman–Crippen LogP) is 2.02. The molecule has 1 aromatic rings. The summed E-state index contributed by atoms with van der Waals surface area (Å²) in [6, 6.07) is 5.72. The van der Waals surface area contributed by atoms with Crippen molar-refractivity contribution in [3.8, 4) is 0 Å². The maximum Gasteiger partial charge on any atom is 0.250 e. The van der Waals surface area contributed by atoms with Gasteiger partial charge in [-0.25, -0.2) is 0 Å². The van der Waals surface area contributed by atoms with Crippen LogP contribution in [0, 0.1) is 5.92 Å². The predicted molar refractivity (Wildman–Crippen MR) is 102 cm³/mol. The van der Waals surface area contributed by atoms with Crippen LogP contribution in [0.1, 0.15) is 63.0 Å². The lowest BCUT2D eigenvalue weighted by Gasteiger charge is -2.42. The van der Waals surface area contributed by atoms with Crippen molar-refractivity contribution in [3.05, 3.63) is 34.2 Å². The van der Waals surface area contributed by atoms with Crippen LogP contribution >= 0.6 is 0 Å². The zero-order valence-electron chi connectivity index (χ0n) is 15.9. The second kappa shape index (κ2) is 7.87. The minimum atomic E-state index is 0.00403. The molecule has 2 fully saturated rings. The molecule has 27 heavy (non-hydrogen) atoms. The van der Waals surface area contributed by atoms with E-state index in [1.165, 1.54) is 19.3 Å². The Morgan fingerprint density at radius 1 is 1.04 bits per heavy atom. The first-order valence-corrected chi connectivity index (χ1v) is 10.4. The summed E-state index contributed by atoms with van der Waals surface area (Å²) in [4.78, 5) is 38.9. The highest BCUT2D eigenvalue weighted by molar-refractivity contribution is 5.84. The number of carbonyl (C=O) groups is 2. The van der Waals surface area contributed by atoms with E-state index in [1.54, 1.807) is 6.07 Å². The molecule has 1 aliphatic carbocycles. The van der Waals surface area contributed by atoms with Crippen molar-refractivity contribution in [2.75, 3.05) is 13.1 Å². The average Bonchev–Trinajstić information content (AvgIpc) is 2.67. The van der Waals surface area contributed by atoms with E-state index in [4.69, 9.17) is 0 Å². The van der Waals surface area contributed by atoms with Gasteiger partial charge >= 0.3 is 0 Å². The van der Waals surface area contributed by atoms with E-state index in [1.807, 2.05) is 21.6 Å². The molecule has 1 aromatic heterocycles. The van der Waals surface area contributed by atoms with Gasteiger partial charge in [-0.15, -0.1) is 0 Å². The van der Waals surface area contributed by atoms with Crippen LogP contribution in [-0.2, 0) is 16.1 Å². The van der Waals surface area contributed by atoms with Gasteiger partial charge in [0.1, 0.15) is 0 Å². The number of hydrogen-bond acceptors (Lipinski definition) is 3. The van der Waals surface area contributed by atoms with Crippen LogP contribution in [0.4, 0.5) is 0 Å². The molecule has 146 valence electrons. The quantitative estimate of drug-likeness (QED) is 0.880. The molecule has 4 rings (SSSR count). The molecule has 2 unspecified atom stereocenters. The Balaban J connectivity index is 1.31. The molecule has 6 nitrogen and oxygen atoms in total. The van der Waals surface area contributed by atoms with E-state index >= 15 is 0 Å². The number of hydrogen-bond donors (Lipinski definition) is 1. The van der Waals surface area contributed by atoms with E-state index in [9.17, 15) is 14.4 Å². The number of nitrogens with one attached hydrogen (secondary N) is 1. The Morgan fingerprint density at radius 2 is 1.85 bits per heavy atom. The molecule has 0 aromatic carbocycles. The highest BCUT2D eigenvalue weighted by Gasteiger charge is 2.36. The first-order chi connectivity index (χ1) is 13.1. The van der Waals surface area contributed by atoms with Crippen molar-refractivity contribution in [2.24, 2.45) is 5.92 Å². The fraction of sp³-hybridized carbons (Fsp3) is 0.667. The van der Waals surface area contributed by atoms with Gasteiger partial charge in [0.25, 0.3) is 5.56 Å². The first kappa shape index (κ1) is 18.3. The number of pyridine rings is 1. The molecule has 2 bridgehead atoms. The summed E-state index contributed by atoms with van der Waals surface area (Å²) in [6.07, 6.45) is 7.35. The van der Waals surface area contributed by atoms with Crippen LogP contribution < -0.4 is 10.9 Å². The largest absolute Gasteiger partial charge is 0.353 e. The van der Waals surface area contributed by atoms with E-state index in [-0.39, 0.29) is 36.1 Å². The number of fused-ring (bicyclic) bond motifs is 4. The van der Waals surface area contributed by atoms with Gasteiger partial charge in [0, 0.05) is 56.2 Å². The Morgan fingerprint density at radius 3 is 2.67 bits per heavy atom. The third-order valence-electron chi connectivity index (χ3n) is 6.37. The van der Waals surface area contributed by atoms with Gasteiger partial charge in [0.2, 0.25) is 11.8 Å². The summed E-state index contributed by atoms with van der Waals surface area (Å²) >= 11 is 0. The van der Waals surface area contributed by atoms with Gasteiger partial charge in [-0.05, 0) is 31.2 Å². The molecule has 0 radical (unpaired) electrons. The summed E-state index contributed by atoms with van der Waals surface area (Å²) in [6.45, 7) is 2.04. The molecule has 3 heterocycles. The molecule has 0 spiro atoms. The number of piperidine rings is 1. The van der Waals surface area contributed by atoms with Crippen LogP contribution in [0.5, 0.6) is 0 Å². The summed E-state index contributed by atoms with van der Waals surface area (Å²) in [7, 11) is 0. The molecule has 1 saturated carbocycles. The van der Waals surface area contributed by atoms with Crippen LogP contribution in [-0.4, -0.2) is 40.4 Å². The zero-order chi connectivity index (χ0) is 18.8. The van der Waals surface area contributed by atoms with Crippen molar-refractivity contribution in [1.29, 1.82) is 0 Å². The lowest BCUT2D eigenvalue weighted by molar-refractivity contribution is -0.136. The molecule has 3 aliphatic rings. The van der Waals surface area contributed by atoms with Gasteiger partial charge in [-0.1, -0.05) is 25.3 Å². The van der Waals surface area contributed by atoms with E-state index in [0.717, 1.165) is 25.0 Å². The van der Waals surface area contributed by atoms with Crippen molar-refractivity contribution >= 4 is 11.8 Å². The van der Waals surface area contributed by atoms with Crippen LogP contribution in [0.15, 0.2) is 23.0 Å².